The van der Waals surface area contributed by atoms with E-state index in [1.807, 2.05) is 6.92 Å². The summed E-state index contributed by atoms with van der Waals surface area (Å²) in [4.78, 5) is 10.8. The molecule has 0 aromatic heterocycles. The summed E-state index contributed by atoms with van der Waals surface area (Å²) in [5.41, 5.74) is 0. The van der Waals surface area contributed by atoms with Gasteiger partial charge in [0.2, 0.25) is 0 Å². The lowest BCUT2D eigenvalue weighted by atomic mass is 10.4. The Morgan fingerprint density at radius 2 is 1.91 bits per heavy atom. The van der Waals surface area contributed by atoms with Crippen molar-refractivity contribution in [1.82, 2.24) is 0 Å². The summed E-state index contributed by atoms with van der Waals surface area (Å²) in [6.45, 7) is 3.83. The average molecular weight is 197 g/mol. The van der Waals surface area contributed by atoms with Crippen molar-refractivity contribution in [3.63, 3.8) is 0 Å². The predicted octanol–water partition coefficient (Wildman–Crippen LogP) is 2.65. The molecule has 0 N–H and O–H groups in total. The van der Waals surface area contributed by atoms with Crippen molar-refractivity contribution in [2.24, 2.45) is 0 Å². The smallest absolute Gasteiger partial charge is 0.350 e. The molecule has 0 saturated heterocycles. The third-order valence-electron chi connectivity index (χ3n) is 1.00. The molecule has 0 amide bonds. The molecule has 0 aromatic rings. The Kier molecular flexibility index (Phi) is 5.34. The second-order valence-corrected chi connectivity index (χ2v) is 2.63. The molecule has 64 valence electrons. The number of halogens is 2. The van der Waals surface area contributed by atoms with Crippen molar-refractivity contribution in [1.29, 1.82) is 0 Å². The van der Waals surface area contributed by atoms with E-state index in [2.05, 4.69) is 4.74 Å². The van der Waals surface area contributed by atoms with Crippen LogP contribution in [0.1, 0.15) is 20.3 Å². The Morgan fingerprint density at radius 1 is 1.36 bits per heavy atom. The van der Waals surface area contributed by atoms with Gasteiger partial charge in [-0.1, -0.05) is 30.1 Å². The van der Waals surface area contributed by atoms with Gasteiger partial charge in [0, 0.05) is 5.03 Å². The maximum Gasteiger partial charge on any atom is 0.350 e. The standard InChI is InChI=1S/C7H10Cl2O2/c1-3-5(8)6(9)7(10)11-4-2/h3-4H2,1-2H3. The van der Waals surface area contributed by atoms with Gasteiger partial charge in [0.1, 0.15) is 5.03 Å². The van der Waals surface area contributed by atoms with E-state index in [-0.39, 0.29) is 5.03 Å². The summed E-state index contributed by atoms with van der Waals surface area (Å²) in [5, 5.41) is 0.320. The monoisotopic (exact) mass is 196 g/mol. The van der Waals surface area contributed by atoms with Crippen molar-refractivity contribution >= 4 is 29.2 Å². The van der Waals surface area contributed by atoms with Crippen LogP contribution in [0.2, 0.25) is 0 Å². The molecule has 4 heteroatoms. The van der Waals surface area contributed by atoms with Crippen LogP contribution in [0, 0.1) is 0 Å². The number of ether oxygens (including phenoxy) is 1. The Labute approximate surface area is 76.1 Å². The molecule has 0 saturated carbocycles. The van der Waals surface area contributed by atoms with Crippen molar-refractivity contribution in [2.75, 3.05) is 6.61 Å². The van der Waals surface area contributed by atoms with Gasteiger partial charge in [0.15, 0.2) is 0 Å². The molecule has 11 heavy (non-hydrogen) atoms. The minimum absolute atomic E-state index is 0.0176. The normalized spacial score (nSPS) is 12.4. The van der Waals surface area contributed by atoms with E-state index in [1.54, 1.807) is 6.92 Å². The summed E-state index contributed by atoms with van der Waals surface area (Å²) in [6.07, 6.45) is 0.541. The summed E-state index contributed by atoms with van der Waals surface area (Å²) < 4.78 is 4.61. The van der Waals surface area contributed by atoms with Crippen LogP contribution in [0.25, 0.3) is 0 Å². The lowest BCUT2D eigenvalue weighted by Crippen LogP contribution is -2.04. The van der Waals surface area contributed by atoms with Crippen LogP contribution in [0.4, 0.5) is 0 Å². The molecular formula is C7H10Cl2O2. The quantitative estimate of drug-likeness (QED) is 0.513. The highest BCUT2D eigenvalue weighted by Crippen LogP contribution is 2.17. The summed E-state index contributed by atoms with van der Waals surface area (Å²) in [6, 6.07) is 0. The molecule has 0 aliphatic carbocycles. The molecule has 0 spiro atoms. The highest BCUT2D eigenvalue weighted by Gasteiger charge is 2.10. The number of carbonyl (C=O) groups is 1. The number of hydrogen-bond acceptors (Lipinski definition) is 2. The van der Waals surface area contributed by atoms with Crippen LogP contribution in [0.5, 0.6) is 0 Å². The van der Waals surface area contributed by atoms with Crippen LogP contribution in [0.15, 0.2) is 10.1 Å². The highest BCUT2D eigenvalue weighted by molar-refractivity contribution is 6.47. The molecule has 0 heterocycles. The van der Waals surface area contributed by atoms with E-state index < -0.39 is 5.97 Å². The van der Waals surface area contributed by atoms with Gasteiger partial charge in [-0.3, -0.25) is 0 Å². The molecule has 0 rings (SSSR count). The topological polar surface area (TPSA) is 26.3 Å². The Morgan fingerprint density at radius 3 is 2.27 bits per heavy atom. The van der Waals surface area contributed by atoms with E-state index in [0.29, 0.717) is 18.1 Å². The number of rotatable bonds is 3. The molecule has 0 unspecified atom stereocenters. The highest BCUT2D eigenvalue weighted by atomic mass is 35.5. The first-order chi connectivity index (χ1) is 5.13. The fraction of sp³-hybridized carbons (Fsp3) is 0.571. The van der Waals surface area contributed by atoms with Crippen LogP contribution >= 0.6 is 23.2 Å². The van der Waals surface area contributed by atoms with Crippen LogP contribution in [0.3, 0.4) is 0 Å². The second-order valence-electron chi connectivity index (χ2n) is 1.79. The predicted molar refractivity (Wildman–Crippen MR) is 45.7 cm³/mol. The van der Waals surface area contributed by atoms with Crippen molar-refractivity contribution in [3.8, 4) is 0 Å². The van der Waals surface area contributed by atoms with Crippen molar-refractivity contribution in [3.05, 3.63) is 10.1 Å². The number of carbonyl (C=O) groups excluding carboxylic acids is 1. The van der Waals surface area contributed by atoms with Crippen molar-refractivity contribution in [2.45, 2.75) is 20.3 Å². The zero-order valence-electron chi connectivity index (χ0n) is 6.49. The van der Waals surface area contributed by atoms with Gasteiger partial charge < -0.3 is 4.74 Å². The molecular weight excluding hydrogens is 187 g/mol. The molecule has 0 aliphatic rings. The van der Waals surface area contributed by atoms with Crippen LogP contribution < -0.4 is 0 Å². The van der Waals surface area contributed by atoms with E-state index in [0.717, 1.165) is 0 Å². The van der Waals surface area contributed by atoms with Gasteiger partial charge in [0.05, 0.1) is 6.61 Å². The first kappa shape index (κ1) is 10.8. The second kappa shape index (κ2) is 5.44. The zero-order valence-corrected chi connectivity index (χ0v) is 8.00. The molecule has 0 atom stereocenters. The fourth-order valence-corrected chi connectivity index (χ4v) is 0.726. The van der Waals surface area contributed by atoms with Gasteiger partial charge in [-0.05, 0) is 13.3 Å². The number of allylic oxidation sites excluding steroid dienone is 1. The third kappa shape index (κ3) is 3.63. The van der Waals surface area contributed by atoms with E-state index in [9.17, 15) is 4.79 Å². The third-order valence-corrected chi connectivity index (χ3v) is 1.94. The van der Waals surface area contributed by atoms with E-state index >= 15 is 0 Å². The minimum Gasteiger partial charge on any atom is -0.462 e. The Hall–Kier alpha value is -0.210. The largest absolute Gasteiger partial charge is 0.462 e. The molecule has 0 bridgehead atoms. The lowest BCUT2D eigenvalue weighted by molar-refractivity contribution is -0.137. The fourth-order valence-electron chi connectivity index (χ4n) is 0.460. The maximum absolute atomic E-state index is 10.8. The zero-order chi connectivity index (χ0) is 8.85. The van der Waals surface area contributed by atoms with Gasteiger partial charge in [0.25, 0.3) is 0 Å². The molecule has 0 aliphatic heterocycles. The molecule has 0 radical (unpaired) electrons. The number of esters is 1. The van der Waals surface area contributed by atoms with E-state index in [1.165, 1.54) is 0 Å². The van der Waals surface area contributed by atoms with Gasteiger partial charge >= 0.3 is 5.97 Å². The summed E-state index contributed by atoms with van der Waals surface area (Å²) in [7, 11) is 0. The molecule has 2 nitrogen and oxygen atoms in total. The Bertz CT molecular complexity index is 175. The molecule has 0 aromatic carbocycles. The molecule has 0 fully saturated rings. The van der Waals surface area contributed by atoms with Crippen LogP contribution in [-0.2, 0) is 9.53 Å². The first-order valence-electron chi connectivity index (χ1n) is 3.34. The van der Waals surface area contributed by atoms with E-state index in [4.69, 9.17) is 23.2 Å². The summed E-state index contributed by atoms with van der Waals surface area (Å²) >= 11 is 11.1. The maximum atomic E-state index is 10.8. The first-order valence-corrected chi connectivity index (χ1v) is 4.10. The summed E-state index contributed by atoms with van der Waals surface area (Å²) in [5.74, 6) is -0.555. The number of hydrogen-bond donors (Lipinski definition) is 0. The minimum atomic E-state index is -0.555. The van der Waals surface area contributed by atoms with Crippen LogP contribution in [-0.4, -0.2) is 12.6 Å². The van der Waals surface area contributed by atoms with Gasteiger partial charge in [-0.2, -0.15) is 0 Å². The van der Waals surface area contributed by atoms with Gasteiger partial charge in [-0.15, -0.1) is 0 Å². The average Bonchev–Trinajstić information content (AvgIpc) is 2.02. The lowest BCUT2D eigenvalue weighted by Gasteiger charge is -2.00. The Balaban J connectivity index is 4.22. The SMILES string of the molecule is CCOC(=O)C(Cl)=C(Cl)CC. The van der Waals surface area contributed by atoms with Gasteiger partial charge in [-0.25, -0.2) is 4.79 Å². The van der Waals surface area contributed by atoms with Crippen molar-refractivity contribution < 1.29 is 9.53 Å².